The maximum absolute atomic E-state index is 12.0. The van der Waals surface area contributed by atoms with Gasteiger partial charge < -0.3 is 10.0 Å². The highest BCUT2D eigenvalue weighted by Crippen LogP contribution is 2.15. The van der Waals surface area contributed by atoms with E-state index in [1.807, 2.05) is 35.2 Å². The molecule has 1 atom stereocenters. The van der Waals surface area contributed by atoms with Crippen LogP contribution in [0, 0.1) is 0 Å². The van der Waals surface area contributed by atoms with Gasteiger partial charge in [0.1, 0.15) is 0 Å². The van der Waals surface area contributed by atoms with E-state index in [4.69, 9.17) is 5.11 Å². The van der Waals surface area contributed by atoms with E-state index in [1.54, 1.807) is 11.9 Å². The number of carbonyl (C=O) groups excluding carboxylic acids is 1. The zero-order chi connectivity index (χ0) is 13.8. The van der Waals surface area contributed by atoms with Gasteiger partial charge in [-0.15, -0.1) is 0 Å². The molecule has 0 saturated carbocycles. The first-order chi connectivity index (χ1) is 9.06. The molecule has 0 radical (unpaired) electrons. The van der Waals surface area contributed by atoms with Crippen LogP contribution in [0.2, 0.25) is 0 Å². The number of piperazine rings is 1. The molecule has 1 N–H and O–H groups in total. The maximum Gasteiger partial charge on any atom is 0.305 e. The lowest BCUT2D eigenvalue weighted by atomic mass is 10.1. The second kappa shape index (κ2) is 5.84. The second-order valence-corrected chi connectivity index (χ2v) is 4.93. The molecule has 1 saturated heterocycles. The van der Waals surface area contributed by atoms with Crippen molar-refractivity contribution < 1.29 is 14.7 Å². The zero-order valence-electron chi connectivity index (χ0n) is 11.0. The van der Waals surface area contributed by atoms with E-state index in [0.717, 1.165) is 5.56 Å². The average molecular weight is 262 g/mol. The summed E-state index contributed by atoms with van der Waals surface area (Å²) in [5, 5.41) is 8.90. The van der Waals surface area contributed by atoms with Crippen LogP contribution in [0.5, 0.6) is 0 Å². The van der Waals surface area contributed by atoms with Gasteiger partial charge >= 0.3 is 5.97 Å². The Morgan fingerprint density at radius 1 is 1.37 bits per heavy atom. The first-order valence-corrected chi connectivity index (χ1v) is 6.30. The van der Waals surface area contributed by atoms with Gasteiger partial charge in [-0.25, -0.2) is 0 Å². The summed E-state index contributed by atoms with van der Waals surface area (Å²) in [7, 11) is 1.80. The third kappa shape index (κ3) is 3.54. The SMILES string of the molecule is CN1CC(=O)N(Cc2ccccc2)CC1CC(=O)O. The van der Waals surface area contributed by atoms with E-state index in [2.05, 4.69) is 0 Å². The number of nitrogens with zero attached hydrogens (tertiary/aromatic N) is 2. The summed E-state index contributed by atoms with van der Waals surface area (Å²) in [5.74, 6) is -0.779. The minimum Gasteiger partial charge on any atom is -0.481 e. The summed E-state index contributed by atoms with van der Waals surface area (Å²) in [5.41, 5.74) is 1.06. The van der Waals surface area contributed by atoms with Crippen LogP contribution >= 0.6 is 0 Å². The number of carbonyl (C=O) groups is 2. The lowest BCUT2D eigenvalue weighted by Crippen LogP contribution is -2.54. The molecule has 1 heterocycles. The molecule has 1 aromatic carbocycles. The van der Waals surface area contributed by atoms with Gasteiger partial charge in [-0.05, 0) is 12.6 Å². The van der Waals surface area contributed by atoms with Crippen molar-refractivity contribution in [1.82, 2.24) is 9.80 Å². The number of carboxylic acids is 1. The van der Waals surface area contributed by atoms with Crippen LogP contribution in [-0.2, 0) is 16.1 Å². The summed E-state index contributed by atoms with van der Waals surface area (Å²) in [6.45, 7) is 1.30. The van der Waals surface area contributed by atoms with E-state index in [-0.39, 0.29) is 24.9 Å². The van der Waals surface area contributed by atoms with Crippen LogP contribution in [0.3, 0.4) is 0 Å². The molecule has 102 valence electrons. The Bertz CT molecular complexity index is 461. The number of aliphatic carboxylic acids is 1. The Balaban J connectivity index is 2.03. The predicted octanol–water partition coefficient (Wildman–Crippen LogP) is 0.804. The van der Waals surface area contributed by atoms with E-state index in [0.29, 0.717) is 13.1 Å². The Morgan fingerprint density at radius 3 is 2.68 bits per heavy atom. The summed E-state index contributed by atoms with van der Waals surface area (Å²) in [4.78, 5) is 26.4. The lowest BCUT2D eigenvalue weighted by Gasteiger charge is -2.38. The molecule has 19 heavy (non-hydrogen) atoms. The van der Waals surface area contributed by atoms with Crippen LogP contribution in [0.4, 0.5) is 0 Å². The first-order valence-electron chi connectivity index (χ1n) is 6.30. The number of amides is 1. The van der Waals surface area contributed by atoms with Crippen LogP contribution < -0.4 is 0 Å². The number of carboxylic acid groups (broad SMARTS) is 1. The molecule has 0 spiro atoms. The number of hydrogen-bond acceptors (Lipinski definition) is 3. The smallest absolute Gasteiger partial charge is 0.305 e. The highest BCUT2D eigenvalue weighted by molar-refractivity contribution is 5.79. The molecule has 0 aromatic heterocycles. The molecule has 0 aliphatic carbocycles. The molecule has 1 aliphatic heterocycles. The molecule has 5 heteroatoms. The Hall–Kier alpha value is -1.88. The number of rotatable bonds is 4. The average Bonchev–Trinajstić information content (AvgIpc) is 2.36. The predicted molar refractivity (Wildman–Crippen MR) is 70.5 cm³/mol. The Morgan fingerprint density at radius 2 is 2.05 bits per heavy atom. The molecular formula is C14H18N2O3. The molecule has 1 aliphatic rings. The summed E-state index contributed by atoms with van der Waals surface area (Å²) in [6.07, 6.45) is 0.0646. The van der Waals surface area contributed by atoms with Crippen LogP contribution in [0.15, 0.2) is 30.3 Å². The fourth-order valence-corrected chi connectivity index (χ4v) is 2.32. The monoisotopic (exact) mass is 262 g/mol. The summed E-state index contributed by atoms with van der Waals surface area (Å²) < 4.78 is 0. The fraction of sp³-hybridized carbons (Fsp3) is 0.429. The van der Waals surface area contributed by atoms with Gasteiger partial charge in [0, 0.05) is 19.1 Å². The van der Waals surface area contributed by atoms with Crippen LogP contribution in [0.25, 0.3) is 0 Å². The van der Waals surface area contributed by atoms with Gasteiger partial charge in [-0.3, -0.25) is 14.5 Å². The fourth-order valence-electron chi connectivity index (χ4n) is 2.32. The number of likely N-dealkylation sites (N-methyl/N-ethyl adjacent to an activating group) is 1. The van der Waals surface area contributed by atoms with Crippen molar-refractivity contribution in [1.29, 1.82) is 0 Å². The molecule has 0 bridgehead atoms. The zero-order valence-corrected chi connectivity index (χ0v) is 11.0. The quantitative estimate of drug-likeness (QED) is 0.872. The molecule has 1 unspecified atom stereocenters. The van der Waals surface area contributed by atoms with Crippen molar-refractivity contribution in [2.24, 2.45) is 0 Å². The number of benzene rings is 1. The normalized spacial score (nSPS) is 20.6. The standard InChI is InChI=1S/C14H18N2O3/c1-15-10-13(17)16(9-12(15)7-14(18)19)8-11-5-3-2-4-6-11/h2-6,12H,7-10H2,1H3,(H,18,19). The first kappa shape index (κ1) is 13.5. The topological polar surface area (TPSA) is 60.9 Å². The van der Waals surface area contributed by atoms with Gasteiger partial charge in [0.05, 0.1) is 13.0 Å². The van der Waals surface area contributed by atoms with E-state index in [1.165, 1.54) is 0 Å². The minimum absolute atomic E-state index is 0.0491. The molecular weight excluding hydrogens is 244 g/mol. The van der Waals surface area contributed by atoms with Gasteiger partial charge in [0.15, 0.2) is 0 Å². The highest BCUT2D eigenvalue weighted by atomic mass is 16.4. The third-order valence-electron chi connectivity index (χ3n) is 3.42. The third-order valence-corrected chi connectivity index (χ3v) is 3.42. The van der Waals surface area contributed by atoms with Gasteiger partial charge in [-0.2, -0.15) is 0 Å². The molecule has 1 amide bonds. The molecule has 5 nitrogen and oxygen atoms in total. The van der Waals surface area contributed by atoms with E-state index < -0.39 is 5.97 Å². The van der Waals surface area contributed by atoms with Crippen molar-refractivity contribution in [3.63, 3.8) is 0 Å². The van der Waals surface area contributed by atoms with Crippen molar-refractivity contribution in [3.8, 4) is 0 Å². The Kier molecular flexibility index (Phi) is 4.16. The molecule has 1 aromatic rings. The van der Waals surface area contributed by atoms with Crippen molar-refractivity contribution in [3.05, 3.63) is 35.9 Å². The van der Waals surface area contributed by atoms with Crippen molar-refractivity contribution in [2.45, 2.75) is 19.0 Å². The van der Waals surface area contributed by atoms with Gasteiger partial charge in [-0.1, -0.05) is 30.3 Å². The van der Waals surface area contributed by atoms with Crippen LogP contribution in [-0.4, -0.2) is 53.0 Å². The molecule has 2 rings (SSSR count). The van der Waals surface area contributed by atoms with E-state index >= 15 is 0 Å². The van der Waals surface area contributed by atoms with Crippen LogP contribution in [0.1, 0.15) is 12.0 Å². The summed E-state index contributed by atoms with van der Waals surface area (Å²) in [6, 6.07) is 9.63. The molecule has 1 fully saturated rings. The second-order valence-electron chi connectivity index (χ2n) is 4.93. The largest absolute Gasteiger partial charge is 0.481 e. The van der Waals surface area contributed by atoms with Gasteiger partial charge in [0.25, 0.3) is 0 Å². The Labute approximate surface area is 112 Å². The van der Waals surface area contributed by atoms with Gasteiger partial charge in [0.2, 0.25) is 5.91 Å². The van der Waals surface area contributed by atoms with Crippen molar-refractivity contribution in [2.75, 3.05) is 20.1 Å². The van der Waals surface area contributed by atoms with E-state index in [9.17, 15) is 9.59 Å². The minimum atomic E-state index is -0.828. The van der Waals surface area contributed by atoms with Crippen molar-refractivity contribution >= 4 is 11.9 Å². The summed E-state index contributed by atoms with van der Waals surface area (Å²) >= 11 is 0. The lowest BCUT2D eigenvalue weighted by molar-refractivity contribution is -0.144. The maximum atomic E-state index is 12.0. The number of hydrogen-bond donors (Lipinski definition) is 1. The highest BCUT2D eigenvalue weighted by Gasteiger charge is 2.30.